The van der Waals surface area contributed by atoms with Crippen LogP contribution in [0.25, 0.3) is 10.9 Å². The molecule has 5 nitrogen and oxygen atoms in total. The SMILES string of the molecule is N=C(N)c1cnc(Sc2cc3ccccc3[nH]2)cn1. The van der Waals surface area contributed by atoms with Crippen LogP contribution >= 0.6 is 11.8 Å². The van der Waals surface area contributed by atoms with Crippen molar-refractivity contribution >= 4 is 28.5 Å². The molecule has 19 heavy (non-hydrogen) atoms. The second-order valence-corrected chi connectivity index (χ2v) is 5.04. The Bertz CT molecular complexity index is 699. The van der Waals surface area contributed by atoms with Gasteiger partial charge in [0.05, 0.1) is 17.4 Å². The minimum Gasteiger partial charge on any atom is -0.382 e. The normalized spacial score (nSPS) is 10.7. The van der Waals surface area contributed by atoms with Gasteiger partial charge in [-0.05, 0) is 12.1 Å². The van der Waals surface area contributed by atoms with Crippen LogP contribution in [-0.4, -0.2) is 20.8 Å². The van der Waals surface area contributed by atoms with Crippen molar-refractivity contribution < 1.29 is 0 Å². The molecule has 3 aromatic rings. The maximum Gasteiger partial charge on any atom is 0.143 e. The van der Waals surface area contributed by atoms with E-state index in [1.54, 1.807) is 6.20 Å². The topological polar surface area (TPSA) is 91.4 Å². The minimum atomic E-state index is -0.0744. The van der Waals surface area contributed by atoms with Gasteiger partial charge >= 0.3 is 0 Å². The number of H-pyrrole nitrogens is 1. The molecule has 0 saturated heterocycles. The van der Waals surface area contributed by atoms with Crippen LogP contribution in [0.5, 0.6) is 0 Å². The van der Waals surface area contributed by atoms with Crippen molar-refractivity contribution in [1.29, 1.82) is 5.41 Å². The van der Waals surface area contributed by atoms with Gasteiger partial charge in [-0.15, -0.1) is 0 Å². The van der Waals surface area contributed by atoms with Gasteiger partial charge in [-0.2, -0.15) is 0 Å². The molecular formula is C13H11N5S. The number of para-hydroxylation sites is 1. The van der Waals surface area contributed by atoms with Crippen molar-refractivity contribution in [3.63, 3.8) is 0 Å². The molecule has 0 fully saturated rings. The molecule has 0 amide bonds. The van der Waals surface area contributed by atoms with E-state index in [2.05, 4.69) is 27.1 Å². The molecule has 0 aliphatic rings. The number of hydrogen-bond donors (Lipinski definition) is 3. The second kappa shape index (κ2) is 4.74. The highest BCUT2D eigenvalue weighted by Crippen LogP contribution is 2.27. The molecule has 2 aromatic heterocycles. The zero-order valence-corrected chi connectivity index (χ0v) is 10.7. The van der Waals surface area contributed by atoms with Crippen LogP contribution in [0.3, 0.4) is 0 Å². The van der Waals surface area contributed by atoms with E-state index in [1.807, 2.05) is 18.2 Å². The van der Waals surface area contributed by atoms with E-state index in [9.17, 15) is 0 Å². The van der Waals surface area contributed by atoms with Crippen LogP contribution in [-0.2, 0) is 0 Å². The summed E-state index contributed by atoms with van der Waals surface area (Å²) in [5, 5.41) is 10.2. The summed E-state index contributed by atoms with van der Waals surface area (Å²) in [4.78, 5) is 11.6. The summed E-state index contributed by atoms with van der Waals surface area (Å²) in [6, 6.07) is 10.2. The number of hydrogen-bond acceptors (Lipinski definition) is 4. The number of amidine groups is 1. The Morgan fingerprint density at radius 2 is 2.05 bits per heavy atom. The maximum atomic E-state index is 7.26. The number of nitrogens with zero attached hydrogens (tertiary/aromatic N) is 2. The molecule has 0 saturated carbocycles. The molecule has 4 N–H and O–H groups in total. The summed E-state index contributed by atoms with van der Waals surface area (Å²) in [5.41, 5.74) is 6.82. The molecule has 0 unspecified atom stereocenters. The fourth-order valence-corrected chi connectivity index (χ4v) is 2.51. The Labute approximate surface area is 113 Å². The van der Waals surface area contributed by atoms with Gasteiger partial charge in [0, 0.05) is 10.9 Å². The average Bonchev–Trinajstić information content (AvgIpc) is 2.81. The van der Waals surface area contributed by atoms with E-state index in [1.165, 1.54) is 23.3 Å². The number of aromatic nitrogens is 3. The fourth-order valence-electron chi connectivity index (χ4n) is 1.72. The molecule has 0 bridgehead atoms. The predicted octanol–water partition coefficient (Wildman–Crippen LogP) is 2.39. The largest absolute Gasteiger partial charge is 0.382 e. The first-order chi connectivity index (χ1) is 9.22. The van der Waals surface area contributed by atoms with Crippen LogP contribution < -0.4 is 5.73 Å². The first-order valence-electron chi connectivity index (χ1n) is 5.64. The standard InChI is InChI=1S/C13H11N5S/c14-13(15)10-6-17-12(7-16-10)19-11-5-8-3-1-2-4-9(8)18-11/h1-7,18H,(H3,14,15). The zero-order chi connectivity index (χ0) is 13.2. The Hall–Kier alpha value is -2.34. The summed E-state index contributed by atoms with van der Waals surface area (Å²) in [5.74, 6) is -0.0744. The fraction of sp³-hybridized carbons (Fsp3) is 0. The lowest BCUT2D eigenvalue weighted by Crippen LogP contribution is -2.13. The van der Waals surface area contributed by atoms with E-state index >= 15 is 0 Å². The van der Waals surface area contributed by atoms with E-state index in [0.29, 0.717) is 5.69 Å². The Balaban J connectivity index is 1.86. The number of fused-ring (bicyclic) bond motifs is 1. The van der Waals surface area contributed by atoms with Crippen molar-refractivity contribution in [2.45, 2.75) is 10.1 Å². The Morgan fingerprint density at radius 1 is 1.21 bits per heavy atom. The Kier molecular flexibility index (Phi) is 2.92. The van der Waals surface area contributed by atoms with Gasteiger partial charge in [-0.3, -0.25) is 5.41 Å². The van der Waals surface area contributed by atoms with Crippen molar-refractivity contribution in [3.05, 3.63) is 48.4 Å². The van der Waals surface area contributed by atoms with Gasteiger partial charge in [0.1, 0.15) is 16.6 Å². The summed E-state index contributed by atoms with van der Waals surface area (Å²) in [6.45, 7) is 0. The third-order valence-corrected chi connectivity index (χ3v) is 3.48. The number of nitrogens with two attached hydrogens (primary N) is 1. The van der Waals surface area contributed by atoms with Gasteiger partial charge in [-0.25, -0.2) is 9.97 Å². The number of nitrogen functional groups attached to an aromatic ring is 1. The third-order valence-electron chi connectivity index (χ3n) is 2.62. The summed E-state index contributed by atoms with van der Waals surface area (Å²) >= 11 is 1.49. The van der Waals surface area contributed by atoms with Crippen molar-refractivity contribution in [2.24, 2.45) is 5.73 Å². The molecule has 0 aliphatic carbocycles. The maximum absolute atomic E-state index is 7.26. The molecule has 0 radical (unpaired) electrons. The van der Waals surface area contributed by atoms with Gasteiger partial charge in [0.25, 0.3) is 0 Å². The van der Waals surface area contributed by atoms with Gasteiger partial charge in [0.2, 0.25) is 0 Å². The molecule has 0 spiro atoms. The highest BCUT2D eigenvalue weighted by atomic mass is 32.2. The van der Waals surface area contributed by atoms with Crippen LogP contribution in [0.2, 0.25) is 0 Å². The second-order valence-electron chi connectivity index (χ2n) is 3.98. The predicted molar refractivity (Wildman–Crippen MR) is 75.5 cm³/mol. The minimum absolute atomic E-state index is 0.0744. The third kappa shape index (κ3) is 2.43. The molecular weight excluding hydrogens is 258 g/mol. The quantitative estimate of drug-likeness (QED) is 0.503. The average molecular weight is 269 g/mol. The number of benzene rings is 1. The van der Waals surface area contributed by atoms with Gasteiger partial charge < -0.3 is 10.7 Å². The highest BCUT2D eigenvalue weighted by molar-refractivity contribution is 7.99. The van der Waals surface area contributed by atoms with Crippen molar-refractivity contribution in [3.8, 4) is 0 Å². The molecule has 6 heteroatoms. The molecule has 2 heterocycles. The van der Waals surface area contributed by atoms with Crippen LogP contribution in [0.15, 0.2) is 52.8 Å². The van der Waals surface area contributed by atoms with Crippen LogP contribution in [0.4, 0.5) is 0 Å². The van der Waals surface area contributed by atoms with Gasteiger partial charge in [-0.1, -0.05) is 30.0 Å². The Morgan fingerprint density at radius 3 is 2.74 bits per heavy atom. The monoisotopic (exact) mass is 269 g/mol. The van der Waals surface area contributed by atoms with Crippen LogP contribution in [0, 0.1) is 5.41 Å². The van der Waals surface area contributed by atoms with Gasteiger partial charge in [0.15, 0.2) is 0 Å². The van der Waals surface area contributed by atoms with E-state index in [0.717, 1.165) is 15.6 Å². The van der Waals surface area contributed by atoms with Crippen LogP contribution in [0.1, 0.15) is 5.69 Å². The molecule has 3 rings (SSSR count). The molecule has 0 aliphatic heterocycles. The van der Waals surface area contributed by atoms with Crippen molar-refractivity contribution in [1.82, 2.24) is 15.0 Å². The highest BCUT2D eigenvalue weighted by Gasteiger charge is 2.05. The van der Waals surface area contributed by atoms with E-state index in [-0.39, 0.29) is 5.84 Å². The first kappa shape index (κ1) is 11.7. The zero-order valence-electron chi connectivity index (χ0n) is 9.92. The lowest BCUT2D eigenvalue weighted by atomic mass is 10.3. The summed E-state index contributed by atoms with van der Waals surface area (Å²) in [7, 11) is 0. The number of rotatable bonds is 3. The molecule has 1 aromatic carbocycles. The molecule has 94 valence electrons. The summed E-state index contributed by atoms with van der Waals surface area (Å²) in [6.07, 6.45) is 3.13. The smallest absolute Gasteiger partial charge is 0.143 e. The van der Waals surface area contributed by atoms with Crippen molar-refractivity contribution in [2.75, 3.05) is 0 Å². The number of nitrogens with one attached hydrogen (secondary N) is 2. The lowest BCUT2D eigenvalue weighted by Gasteiger charge is -1.99. The first-order valence-corrected chi connectivity index (χ1v) is 6.46. The summed E-state index contributed by atoms with van der Waals surface area (Å²) < 4.78 is 0. The molecule has 0 atom stereocenters. The van der Waals surface area contributed by atoms with E-state index < -0.39 is 0 Å². The van der Waals surface area contributed by atoms with E-state index in [4.69, 9.17) is 11.1 Å². The lowest BCUT2D eigenvalue weighted by molar-refractivity contribution is 1.03. The number of aromatic amines is 1.